The van der Waals surface area contributed by atoms with Crippen LogP contribution in [0.4, 0.5) is 10.1 Å². The summed E-state index contributed by atoms with van der Waals surface area (Å²) in [5, 5.41) is 12.0. The SMILES string of the molecule is COC(=O)c1cc(OC)c(OC)cc1NC(=O)CC(C(=O)O)c1ccc(F)cc1. The van der Waals surface area contributed by atoms with Crippen LogP contribution in [0.1, 0.15) is 28.3 Å². The third-order valence-corrected chi connectivity index (χ3v) is 4.16. The van der Waals surface area contributed by atoms with Crippen molar-refractivity contribution in [3.63, 3.8) is 0 Å². The number of aliphatic carboxylic acids is 1. The first-order valence-corrected chi connectivity index (χ1v) is 8.43. The largest absolute Gasteiger partial charge is 0.493 e. The van der Waals surface area contributed by atoms with Crippen LogP contribution in [0, 0.1) is 5.82 Å². The van der Waals surface area contributed by atoms with Crippen LogP contribution >= 0.6 is 0 Å². The number of nitrogens with one attached hydrogen (secondary N) is 1. The lowest BCUT2D eigenvalue weighted by atomic mass is 9.95. The Labute approximate surface area is 166 Å². The van der Waals surface area contributed by atoms with Crippen molar-refractivity contribution in [1.29, 1.82) is 0 Å². The number of carboxylic acids is 1. The lowest BCUT2D eigenvalue weighted by Gasteiger charge is -2.16. The molecule has 0 aromatic heterocycles. The van der Waals surface area contributed by atoms with Gasteiger partial charge >= 0.3 is 11.9 Å². The Hall–Kier alpha value is -3.62. The van der Waals surface area contributed by atoms with E-state index in [2.05, 4.69) is 5.32 Å². The Bertz CT molecular complexity index is 912. The molecule has 29 heavy (non-hydrogen) atoms. The van der Waals surface area contributed by atoms with Crippen LogP contribution in [0.5, 0.6) is 11.5 Å². The van der Waals surface area contributed by atoms with Gasteiger partial charge in [0.1, 0.15) is 5.82 Å². The van der Waals surface area contributed by atoms with Crippen LogP contribution in [0.15, 0.2) is 36.4 Å². The highest BCUT2D eigenvalue weighted by atomic mass is 19.1. The van der Waals surface area contributed by atoms with E-state index >= 15 is 0 Å². The molecule has 2 N–H and O–H groups in total. The zero-order chi connectivity index (χ0) is 21.6. The van der Waals surface area contributed by atoms with Crippen LogP contribution in [0.2, 0.25) is 0 Å². The lowest BCUT2D eigenvalue weighted by Crippen LogP contribution is -2.22. The fourth-order valence-electron chi connectivity index (χ4n) is 2.69. The molecule has 0 aliphatic heterocycles. The molecule has 1 atom stereocenters. The summed E-state index contributed by atoms with van der Waals surface area (Å²) in [7, 11) is 3.95. The van der Waals surface area contributed by atoms with Crippen molar-refractivity contribution in [2.24, 2.45) is 0 Å². The van der Waals surface area contributed by atoms with Crippen molar-refractivity contribution < 1.29 is 38.1 Å². The van der Waals surface area contributed by atoms with Crippen molar-refractivity contribution in [1.82, 2.24) is 0 Å². The number of esters is 1. The molecule has 2 aromatic rings. The highest BCUT2D eigenvalue weighted by Gasteiger charge is 2.25. The highest BCUT2D eigenvalue weighted by Crippen LogP contribution is 2.34. The van der Waals surface area contributed by atoms with Gasteiger partial charge in [0.25, 0.3) is 0 Å². The van der Waals surface area contributed by atoms with Gasteiger partial charge in [0.05, 0.1) is 38.5 Å². The summed E-state index contributed by atoms with van der Waals surface area (Å²) in [6.07, 6.45) is -0.435. The topological polar surface area (TPSA) is 111 Å². The van der Waals surface area contributed by atoms with Gasteiger partial charge in [-0.15, -0.1) is 0 Å². The average Bonchev–Trinajstić information content (AvgIpc) is 2.71. The van der Waals surface area contributed by atoms with E-state index in [-0.39, 0.29) is 28.3 Å². The number of benzene rings is 2. The number of carbonyl (C=O) groups is 3. The molecule has 0 radical (unpaired) electrons. The van der Waals surface area contributed by atoms with Gasteiger partial charge in [-0.3, -0.25) is 9.59 Å². The molecule has 0 saturated carbocycles. The second kappa shape index (κ2) is 9.54. The van der Waals surface area contributed by atoms with Crippen LogP contribution in [-0.2, 0) is 14.3 Å². The molecule has 2 aromatic carbocycles. The fraction of sp³-hybridized carbons (Fsp3) is 0.250. The van der Waals surface area contributed by atoms with Crippen molar-refractivity contribution in [2.45, 2.75) is 12.3 Å². The van der Waals surface area contributed by atoms with E-state index in [1.807, 2.05) is 0 Å². The summed E-state index contributed by atoms with van der Waals surface area (Å²) in [5.41, 5.74) is 0.351. The molecule has 154 valence electrons. The standard InChI is InChI=1S/C20H20FNO7/c1-27-16-8-14(20(26)29-3)15(10-17(16)28-2)22-18(23)9-13(19(24)25)11-4-6-12(21)7-5-11/h4-8,10,13H,9H2,1-3H3,(H,22,23)(H,24,25). The minimum Gasteiger partial charge on any atom is -0.493 e. The van der Waals surface area contributed by atoms with Gasteiger partial charge in [-0.05, 0) is 17.7 Å². The summed E-state index contributed by atoms with van der Waals surface area (Å²) >= 11 is 0. The number of halogens is 1. The van der Waals surface area contributed by atoms with Gasteiger partial charge < -0.3 is 24.6 Å². The van der Waals surface area contributed by atoms with Crippen LogP contribution < -0.4 is 14.8 Å². The number of methoxy groups -OCH3 is 3. The Balaban J connectivity index is 2.31. The normalized spacial score (nSPS) is 11.3. The minimum absolute atomic E-state index is 0.00663. The smallest absolute Gasteiger partial charge is 0.340 e. The molecule has 9 heteroatoms. The number of hydrogen-bond acceptors (Lipinski definition) is 6. The van der Waals surface area contributed by atoms with Gasteiger partial charge in [0.15, 0.2) is 11.5 Å². The quantitative estimate of drug-likeness (QED) is 0.650. The number of carbonyl (C=O) groups excluding carboxylic acids is 2. The number of hydrogen-bond donors (Lipinski definition) is 2. The van der Waals surface area contributed by atoms with E-state index in [1.54, 1.807) is 0 Å². The summed E-state index contributed by atoms with van der Waals surface area (Å²) in [6, 6.07) is 7.56. The van der Waals surface area contributed by atoms with Gasteiger partial charge in [-0.25, -0.2) is 9.18 Å². The third-order valence-electron chi connectivity index (χ3n) is 4.16. The van der Waals surface area contributed by atoms with E-state index in [0.717, 1.165) is 12.1 Å². The molecule has 8 nitrogen and oxygen atoms in total. The first-order chi connectivity index (χ1) is 13.8. The second-order valence-electron chi connectivity index (χ2n) is 5.94. The zero-order valence-electron chi connectivity index (χ0n) is 16.0. The number of ether oxygens (including phenoxy) is 3. The first kappa shape index (κ1) is 21.7. The maximum atomic E-state index is 13.1. The van der Waals surface area contributed by atoms with Crippen molar-refractivity contribution >= 4 is 23.5 Å². The monoisotopic (exact) mass is 405 g/mol. The lowest BCUT2D eigenvalue weighted by molar-refractivity contribution is -0.140. The Kier molecular flexibility index (Phi) is 7.13. The van der Waals surface area contributed by atoms with Gasteiger partial charge in [-0.2, -0.15) is 0 Å². The molecule has 1 unspecified atom stereocenters. The van der Waals surface area contributed by atoms with E-state index in [4.69, 9.17) is 14.2 Å². The number of carboxylic acid groups (broad SMARTS) is 1. The molecule has 2 rings (SSSR count). The van der Waals surface area contributed by atoms with Crippen LogP contribution in [-0.4, -0.2) is 44.3 Å². The summed E-state index contributed by atoms with van der Waals surface area (Å²) in [6.45, 7) is 0. The molecule has 0 aliphatic rings. The molecule has 0 heterocycles. The Morgan fingerprint density at radius 2 is 1.62 bits per heavy atom. The van der Waals surface area contributed by atoms with Gasteiger partial charge in [0, 0.05) is 18.6 Å². The molecule has 1 amide bonds. The Morgan fingerprint density at radius 3 is 2.14 bits per heavy atom. The number of rotatable bonds is 8. The summed E-state index contributed by atoms with van der Waals surface area (Å²) in [4.78, 5) is 36.2. The maximum Gasteiger partial charge on any atom is 0.340 e. The molecular weight excluding hydrogens is 385 g/mol. The molecule has 0 spiro atoms. The van der Waals surface area contributed by atoms with E-state index in [1.165, 1.54) is 45.6 Å². The average molecular weight is 405 g/mol. The van der Waals surface area contributed by atoms with E-state index in [9.17, 15) is 23.9 Å². The van der Waals surface area contributed by atoms with Crippen molar-refractivity contribution in [2.75, 3.05) is 26.6 Å². The van der Waals surface area contributed by atoms with E-state index < -0.39 is 36.0 Å². The van der Waals surface area contributed by atoms with Crippen LogP contribution in [0.3, 0.4) is 0 Å². The van der Waals surface area contributed by atoms with Crippen molar-refractivity contribution in [3.8, 4) is 11.5 Å². The molecule has 0 fully saturated rings. The maximum absolute atomic E-state index is 13.1. The van der Waals surface area contributed by atoms with Crippen LogP contribution in [0.25, 0.3) is 0 Å². The van der Waals surface area contributed by atoms with E-state index in [0.29, 0.717) is 0 Å². The second-order valence-corrected chi connectivity index (χ2v) is 5.94. The number of amides is 1. The summed E-state index contributed by atoms with van der Waals surface area (Å²) in [5.74, 6) is -3.85. The van der Waals surface area contributed by atoms with Crippen molar-refractivity contribution in [3.05, 3.63) is 53.3 Å². The highest BCUT2D eigenvalue weighted by molar-refractivity contribution is 6.03. The predicted molar refractivity (Wildman–Crippen MR) is 101 cm³/mol. The summed E-state index contributed by atoms with van der Waals surface area (Å²) < 4.78 is 28.1. The third kappa shape index (κ3) is 5.22. The Morgan fingerprint density at radius 1 is 1.03 bits per heavy atom. The molecule has 0 bridgehead atoms. The molecule has 0 saturated heterocycles. The van der Waals surface area contributed by atoms with Gasteiger partial charge in [0.2, 0.25) is 5.91 Å². The minimum atomic E-state index is -1.24. The zero-order valence-corrected chi connectivity index (χ0v) is 16.0. The predicted octanol–water partition coefficient (Wildman–Crippen LogP) is 2.83. The van der Waals surface area contributed by atoms with Gasteiger partial charge in [-0.1, -0.05) is 12.1 Å². The molecule has 0 aliphatic carbocycles. The molecular formula is C20H20FNO7. The fourth-order valence-corrected chi connectivity index (χ4v) is 2.69. The first-order valence-electron chi connectivity index (χ1n) is 8.43. The number of anilines is 1.